The number of esters is 1. The van der Waals surface area contributed by atoms with E-state index in [9.17, 15) is 15.3 Å². The number of aromatic nitrogens is 1. The SMILES string of the molecule is CCO.CCO.CCO.CCO.CCOC(=O)C1=C(CSc2nc(C)c(C)c(C)c2C#N)OC(N)=C(C#N)C1c1ccccc1OC. The van der Waals surface area contributed by atoms with Crippen LogP contribution in [0.1, 0.15) is 68.5 Å². The second-order valence-corrected chi connectivity index (χ2v) is 9.98. The Hall–Kier alpha value is -4.11. The van der Waals surface area contributed by atoms with Gasteiger partial charge in [0.1, 0.15) is 34.2 Å². The molecule has 13 heteroatoms. The lowest BCUT2D eigenvalue weighted by molar-refractivity contribution is -0.139. The second-order valence-electron chi connectivity index (χ2n) is 9.02. The van der Waals surface area contributed by atoms with Gasteiger partial charge in [0, 0.05) is 37.7 Å². The Bertz CT molecular complexity index is 1390. The molecule has 2 aromatic rings. The van der Waals surface area contributed by atoms with E-state index in [0.717, 1.165) is 16.8 Å². The summed E-state index contributed by atoms with van der Waals surface area (Å²) in [6.45, 7) is 15.2. The average molecular weight is 675 g/mol. The number of nitrogens with zero attached hydrogens (tertiary/aromatic N) is 3. The number of aryl methyl sites for hydroxylation is 1. The van der Waals surface area contributed by atoms with E-state index in [4.69, 9.17) is 40.4 Å². The van der Waals surface area contributed by atoms with Gasteiger partial charge in [-0.05, 0) is 72.6 Å². The first kappa shape index (κ1) is 45.0. The lowest BCUT2D eigenvalue weighted by Crippen LogP contribution is -2.27. The number of rotatable bonds is 7. The highest BCUT2D eigenvalue weighted by atomic mass is 32.2. The average Bonchev–Trinajstić information content (AvgIpc) is 3.04. The number of ether oxygens (including phenoxy) is 3. The Morgan fingerprint density at radius 1 is 0.957 bits per heavy atom. The van der Waals surface area contributed by atoms with Gasteiger partial charge in [0.05, 0.1) is 36.5 Å². The van der Waals surface area contributed by atoms with Gasteiger partial charge in [0.25, 0.3) is 0 Å². The number of allylic oxidation sites excluding steroid dienone is 1. The van der Waals surface area contributed by atoms with E-state index in [1.54, 1.807) is 58.9 Å². The Morgan fingerprint density at radius 2 is 1.49 bits per heavy atom. The molecular formula is C34H50N4O8S. The van der Waals surface area contributed by atoms with Crippen molar-refractivity contribution in [3.63, 3.8) is 0 Å². The molecule has 1 aliphatic rings. The number of aliphatic hydroxyl groups is 4. The Morgan fingerprint density at radius 3 is 1.96 bits per heavy atom. The normalized spacial score (nSPS) is 12.9. The molecule has 6 N–H and O–H groups in total. The maximum Gasteiger partial charge on any atom is 0.338 e. The predicted octanol–water partition coefficient (Wildman–Crippen LogP) is 4.30. The van der Waals surface area contributed by atoms with Crippen LogP contribution in [0.3, 0.4) is 0 Å². The predicted molar refractivity (Wildman–Crippen MR) is 182 cm³/mol. The summed E-state index contributed by atoms with van der Waals surface area (Å²) in [7, 11) is 1.51. The number of nitriles is 2. The van der Waals surface area contributed by atoms with Crippen molar-refractivity contribution in [3.8, 4) is 17.9 Å². The van der Waals surface area contributed by atoms with E-state index in [1.165, 1.54) is 18.9 Å². The van der Waals surface area contributed by atoms with Crippen LogP contribution in [0.5, 0.6) is 5.75 Å². The van der Waals surface area contributed by atoms with Gasteiger partial charge in [0.2, 0.25) is 5.88 Å². The van der Waals surface area contributed by atoms with Gasteiger partial charge in [-0.2, -0.15) is 10.5 Å². The van der Waals surface area contributed by atoms with Crippen molar-refractivity contribution in [1.82, 2.24) is 4.98 Å². The van der Waals surface area contributed by atoms with Crippen molar-refractivity contribution in [2.45, 2.75) is 66.3 Å². The molecule has 0 amide bonds. The zero-order chi connectivity index (χ0) is 36.5. The molecule has 47 heavy (non-hydrogen) atoms. The van der Waals surface area contributed by atoms with Gasteiger partial charge in [-0.25, -0.2) is 9.78 Å². The van der Waals surface area contributed by atoms with Crippen LogP contribution in [0.15, 0.2) is 52.1 Å². The topological polar surface area (TPSA) is 212 Å². The summed E-state index contributed by atoms with van der Waals surface area (Å²) in [6.07, 6.45) is 0. The van der Waals surface area contributed by atoms with Crippen LogP contribution in [0.2, 0.25) is 0 Å². The monoisotopic (exact) mass is 674 g/mol. The minimum Gasteiger partial charge on any atom is -0.496 e. The third-order valence-corrected chi connectivity index (χ3v) is 6.83. The fraction of sp³-hybridized carbons (Fsp3) is 0.471. The molecule has 0 fully saturated rings. The molecule has 0 saturated heterocycles. The summed E-state index contributed by atoms with van der Waals surface area (Å²) < 4.78 is 16.7. The first-order chi connectivity index (χ1) is 22.4. The van der Waals surface area contributed by atoms with E-state index in [0.29, 0.717) is 21.9 Å². The first-order valence-corrected chi connectivity index (χ1v) is 16.0. The zero-order valence-corrected chi connectivity index (χ0v) is 29.7. The molecular weight excluding hydrogens is 624 g/mol. The molecule has 1 aromatic heterocycles. The van der Waals surface area contributed by atoms with Crippen molar-refractivity contribution < 1.29 is 39.4 Å². The van der Waals surface area contributed by atoms with Gasteiger partial charge in [0.15, 0.2) is 0 Å². The van der Waals surface area contributed by atoms with Crippen LogP contribution in [0, 0.1) is 43.4 Å². The number of benzene rings is 1. The zero-order valence-electron chi connectivity index (χ0n) is 28.9. The standard InChI is InChI=1S/C26H26N4O4S.4C2H6O/c1-6-33-26(31)23-21(13-35-25-18(11-27)15(3)14(2)16(4)30-25)34-24(29)19(12-28)22(23)17-9-7-8-10-20(17)32-5;4*1-2-3/h7-10,22H,6,13,29H2,1-5H3;4*3H,2H2,1H3. The van der Waals surface area contributed by atoms with E-state index >= 15 is 0 Å². The third kappa shape index (κ3) is 14.0. The second kappa shape index (κ2) is 26.0. The van der Waals surface area contributed by atoms with Crippen LogP contribution >= 0.6 is 11.8 Å². The number of para-hydroxylation sites is 1. The van der Waals surface area contributed by atoms with Crippen molar-refractivity contribution in [2.24, 2.45) is 5.73 Å². The van der Waals surface area contributed by atoms with Crippen LogP contribution in [-0.4, -0.2) is 77.3 Å². The fourth-order valence-electron chi connectivity index (χ4n) is 3.85. The Balaban J connectivity index is 0. The summed E-state index contributed by atoms with van der Waals surface area (Å²) in [4.78, 5) is 17.8. The quantitative estimate of drug-likeness (QED) is 0.205. The first-order valence-electron chi connectivity index (χ1n) is 15.0. The number of pyridine rings is 1. The molecule has 0 spiro atoms. The molecule has 1 unspecified atom stereocenters. The maximum atomic E-state index is 13.2. The summed E-state index contributed by atoms with van der Waals surface area (Å²) in [5.74, 6) is -0.692. The molecule has 0 saturated carbocycles. The molecule has 1 atom stereocenters. The third-order valence-electron chi connectivity index (χ3n) is 5.86. The number of aliphatic hydroxyl groups excluding tert-OH is 4. The van der Waals surface area contributed by atoms with E-state index < -0.39 is 11.9 Å². The molecule has 1 aromatic carbocycles. The smallest absolute Gasteiger partial charge is 0.338 e. The van der Waals surface area contributed by atoms with Crippen LogP contribution in [0.4, 0.5) is 0 Å². The largest absolute Gasteiger partial charge is 0.496 e. The van der Waals surface area contributed by atoms with E-state index in [1.807, 2.05) is 20.8 Å². The van der Waals surface area contributed by atoms with Crippen LogP contribution in [0.25, 0.3) is 0 Å². The van der Waals surface area contributed by atoms with Crippen molar-refractivity contribution in [3.05, 3.63) is 75.0 Å². The van der Waals surface area contributed by atoms with Gasteiger partial charge >= 0.3 is 5.97 Å². The highest BCUT2D eigenvalue weighted by Gasteiger charge is 2.39. The highest BCUT2D eigenvalue weighted by molar-refractivity contribution is 7.99. The number of thioether (sulfide) groups is 1. The molecule has 0 radical (unpaired) electrons. The summed E-state index contributed by atoms with van der Waals surface area (Å²) >= 11 is 1.26. The molecule has 2 heterocycles. The van der Waals surface area contributed by atoms with Crippen LogP contribution < -0.4 is 10.5 Å². The number of hydrogen-bond acceptors (Lipinski definition) is 13. The summed E-state index contributed by atoms with van der Waals surface area (Å²) in [5.41, 5.74) is 10.1. The maximum absolute atomic E-state index is 13.2. The van der Waals surface area contributed by atoms with Crippen molar-refractivity contribution in [2.75, 3.05) is 45.9 Å². The van der Waals surface area contributed by atoms with Gasteiger partial charge < -0.3 is 40.4 Å². The lowest BCUT2D eigenvalue weighted by Gasteiger charge is -2.29. The highest BCUT2D eigenvalue weighted by Crippen LogP contribution is 2.44. The minimum absolute atomic E-state index is 0.0872. The molecule has 3 rings (SSSR count). The number of methoxy groups -OCH3 is 1. The minimum atomic E-state index is -0.843. The van der Waals surface area contributed by atoms with Crippen molar-refractivity contribution >= 4 is 17.7 Å². The molecule has 1 aliphatic heterocycles. The summed E-state index contributed by atoms with van der Waals surface area (Å²) in [5, 5.41) is 50.4. The number of carbonyl (C=O) groups excluding carboxylic acids is 1. The molecule has 260 valence electrons. The van der Waals surface area contributed by atoms with Crippen LogP contribution in [-0.2, 0) is 14.3 Å². The Labute approximate surface area is 283 Å². The number of hydrogen-bond donors (Lipinski definition) is 5. The van der Waals surface area contributed by atoms with Gasteiger partial charge in [-0.3, -0.25) is 0 Å². The van der Waals surface area contributed by atoms with Crippen molar-refractivity contribution in [1.29, 1.82) is 10.5 Å². The lowest BCUT2D eigenvalue weighted by atomic mass is 9.82. The van der Waals surface area contributed by atoms with Gasteiger partial charge in [-0.15, -0.1) is 0 Å². The number of nitrogens with two attached hydrogens (primary N) is 1. The van der Waals surface area contributed by atoms with E-state index in [2.05, 4.69) is 17.1 Å². The molecule has 0 aliphatic carbocycles. The fourth-order valence-corrected chi connectivity index (χ4v) is 4.88. The number of carbonyl (C=O) groups is 1. The molecule has 0 bridgehead atoms. The van der Waals surface area contributed by atoms with E-state index in [-0.39, 0.29) is 61.6 Å². The van der Waals surface area contributed by atoms with Gasteiger partial charge in [-0.1, -0.05) is 30.0 Å². The molecule has 12 nitrogen and oxygen atoms in total. The summed E-state index contributed by atoms with van der Waals surface area (Å²) in [6, 6.07) is 11.4. The Kier molecular flexibility index (Phi) is 24.9.